The van der Waals surface area contributed by atoms with Gasteiger partial charge in [-0.15, -0.1) is 0 Å². The maximum absolute atomic E-state index is 10.9. The molecule has 0 spiro atoms. The van der Waals surface area contributed by atoms with E-state index in [1.807, 2.05) is 0 Å². The minimum atomic E-state index is 0.383. The fourth-order valence-electron chi connectivity index (χ4n) is 4.76. The Labute approximate surface area is 119 Å². The zero-order valence-electron chi connectivity index (χ0n) is 12.9. The lowest BCUT2D eigenvalue weighted by molar-refractivity contribution is -0.112. The third-order valence-electron chi connectivity index (χ3n) is 5.52. The Hall–Kier alpha value is -0.330. The van der Waals surface area contributed by atoms with E-state index in [4.69, 9.17) is 0 Å². The molecule has 4 atom stereocenters. The topological polar surface area (TPSA) is 17.1 Å². The monoisotopic (exact) mass is 264 g/mol. The van der Waals surface area contributed by atoms with Crippen molar-refractivity contribution in [3.8, 4) is 0 Å². The maximum atomic E-state index is 10.9. The average Bonchev–Trinajstić information content (AvgIpc) is 2.38. The zero-order chi connectivity index (χ0) is 13.7. The lowest BCUT2D eigenvalue weighted by Gasteiger charge is -2.32. The molecule has 0 aromatic heterocycles. The maximum Gasteiger partial charge on any atom is 0.123 e. The van der Waals surface area contributed by atoms with E-state index >= 15 is 0 Å². The Kier molecular flexibility index (Phi) is 5.91. The van der Waals surface area contributed by atoms with Crippen molar-refractivity contribution in [3.63, 3.8) is 0 Å². The van der Waals surface area contributed by atoms with Gasteiger partial charge in [0.1, 0.15) is 6.29 Å². The second kappa shape index (κ2) is 7.45. The summed E-state index contributed by atoms with van der Waals surface area (Å²) in [5, 5.41) is 0. The van der Waals surface area contributed by atoms with Crippen molar-refractivity contribution in [2.45, 2.75) is 78.1 Å². The van der Waals surface area contributed by atoms with Gasteiger partial charge < -0.3 is 4.79 Å². The lowest BCUT2D eigenvalue weighted by Crippen LogP contribution is -2.20. The summed E-state index contributed by atoms with van der Waals surface area (Å²) in [5.74, 6) is 4.12. The summed E-state index contributed by atoms with van der Waals surface area (Å²) in [7, 11) is 0. The molecule has 2 fully saturated rings. The van der Waals surface area contributed by atoms with Crippen LogP contribution >= 0.6 is 0 Å². The van der Waals surface area contributed by atoms with E-state index in [9.17, 15) is 4.79 Å². The van der Waals surface area contributed by atoms with E-state index < -0.39 is 0 Å². The first-order valence-corrected chi connectivity index (χ1v) is 8.62. The molecule has 2 aliphatic rings. The van der Waals surface area contributed by atoms with Gasteiger partial charge in [-0.1, -0.05) is 46.0 Å². The van der Waals surface area contributed by atoms with Gasteiger partial charge in [-0.25, -0.2) is 0 Å². The summed E-state index contributed by atoms with van der Waals surface area (Å²) in [6.45, 7) is 4.86. The van der Waals surface area contributed by atoms with Crippen molar-refractivity contribution in [3.05, 3.63) is 0 Å². The summed E-state index contributed by atoms with van der Waals surface area (Å²) in [5.41, 5.74) is 0. The van der Waals surface area contributed by atoms with Crippen LogP contribution in [0.15, 0.2) is 0 Å². The molecule has 0 bridgehead atoms. The van der Waals surface area contributed by atoms with Crippen LogP contribution in [0.25, 0.3) is 0 Å². The predicted octanol–water partition coefficient (Wildman–Crippen LogP) is 5.23. The highest BCUT2D eigenvalue weighted by molar-refractivity contribution is 5.53. The van der Waals surface area contributed by atoms with Crippen LogP contribution in [0.2, 0.25) is 0 Å². The standard InChI is InChI=1S/C18H32O/c1-14-9-15(2)11-17(10-14)7-3-5-16-6-4-8-18(12-16)13-19/h13-18H,3-12H2,1-2H3. The smallest absolute Gasteiger partial charge is 0.123 e. The normalized spacial score (nSPS) is 40.0. The molecule has 0 amide bonds. The van der Waals surface area contributed by atoms with E-state index in [2.05, 4.69) is 13.8 Å². The average molecular weight is 264 g/mol. The van der Waals surface area contributed by atoms with Crippen LogP contribution in [0, 0.1) is 29.6 Å². The molecule has 19 heavy (non-hydrogen) atoms. The van der Waals surface area contributed by atoms with Crippen molar-refractivity contribution in [2.24, 2.45) is 29.6 Å². The Bertz CT molecular complexity index is 263. The quantitative estimate of drug-likeness (QED) is 0.621. The molecular weight excluding hydrogens is 232 g/mol. The first-order chi connectivity index (χ1) is 9.17. The summed E-state index contributed by atoms with van der Waals surface area (Å²) in [6, 6.07) is 0. The highest BCUT2D eigenvalue weighted by Gasteiger charge is 2.25. The van der Waals surface area contributed by atoms with Gasteiger partial charge in [-0.05, 0) is 55.8 Å². The van der Waals surface area contributed by atoms with Crippen molar-refractivity contribution >= 4 is 6.29 Å². The van der Waals surface area contributed by atoms with Gasteiger partial charge in [0.25, 0.3) is 0 Å². The van der Waals surface area contributed by atoms with Crippen molar-refractivity contribution in [2.75, 3.05) is 0 Å². The van der Waals surface area contributed by atoms with Crippen LogP contribution in [0.3, 0.4) is 0 Å². The number of carbonyl (C=O) groups excluding carboxylic acids is 1. The fraction of sp³-hybridized carbons (Fsp3) is 0.944. The van der Waals surface area contributed by atoms with Crippen LogP contribution in [0.1, 0.15) is 78.1 Å². The lowest BCUT2D eigenvalue weighted by atomic mass is 9.74. The molecule has 0 aromatic carbocycles. The van der Waals surface area contributed by atoms with Gasteiger partial charge in [-0.2, -0.15) is 0 Å². The van der Waals surface area contributed by atoms with E-state index in [0.717, 1.165) is 30.1 Å². The largest absolute Gasteiger partial charge is 0.303 e. The zero-order valence-corrected chi connectivity index (χ0v) is 12.9. The molecule has 2 aliphatic carbocycles. The van der Waals surface area contributed by atoms with E-state index in [-0.39, 0.29) is 0 Å². The van der Waals surface area contributed by atoms with Crippen molar-refractivity contribution in [1.29, 1.82) is 0 Å². The number of aldehydes is 1. The van der Waals surface area contributed by atoms with Gasteiger partial charge in [0.2, 0.25) is 0 Å². The Morgan fingerprint density at radius 2 is 1.58 bits per heavy atom. The predicted molar refractivity (Wildman–Crippen MR) is 81.0 cm³/mol. The minimum absolute atomic E-state index is 0.383. The molecule has 2 rings (SSSR count). The van der Waals surface area contributed by atoms with Gasteiger partial charge >= 0.3 is 0 Å². The summed E-state index contributed by atoms with van der Waals surface area (Å²) in [4.78, 5) is 10.9. The highest BCUT2D eigenvalue weighted by atomic mass is 16.1. The third kappa shape index (κ3) is 4.93. The van der Waals surface area contributed by atoms with Gasteiger partial charge in [0.05, 0.1) is 0 Å². The van der Waals surface area contributed by atoms with E-state index in [0.29, 0.717) is 5.92 Å². The molecule has 0 aromatic rings. The van der Waals surface area contributed by atoms with Gasteiger partial charge in [0.15, 0.2) is 0 Å². The second-order valence-electron chi connectivity index (χ2n) is 7.64. The molecule has 2 saturated carbocycles. The van der Waals surface area contributed by atoms with Crippen molar-refractivity contribution in [1.82, 2.24) is 0 Å². The van der Waals surface area contributed by atoms with Gasteiger partial charge in [0, 0.05) is 5.92 Å². The second-order valence-corrected chi connectivity index (χ2v) is 7.64. The van der Waals surface area contributed by atoms with Gasteiger partial charge in [-0.3, -0.25) is 0 Å². The van der Waals surface area contributed by atoms with E-state index in [1.165, 1.54) is 64.1 Å². The molecular formula is C18H32O. The van der Waals surface area contributed by atoms with Crippen LogP contribution in [-0.2, 0) is 4.79 Å². The first kappa shape index (κ1) is 15.1. The molecule has 0 N–H and O–H groups in total. The first-order valence-electron chi connectivity index (χ1n) is 8.62. The molecule has 0 aliphatic heterocycles. The molecule has 110 valence electrons. The summed E-state index contributed by atoms with van der Waals surface area (Å²) >= 11 is 0. The number of hydrogen-bond donors (Lipinski definition) is 0. The number of rotatable bonds is 5. The molecule has 0 heterocycles. The van der Waals surface area contributed by atoms with Crippen LogP contribution in [0.5, 0.6) is 0 Å². The Morgan fingerprint density at radius 3 is 2.26 bits per heavy atom. The Morgan fingerprint density at radius 1 is 0.895 bits per heavy atom. The third-order valence-corrected chi connectivity index (χ3v) is 5.52. The molecule has 0 radical (unpaired) electrons. The van der Waals surface area contributed by atoms with E-state index in [1.54, 1.807) is 0 Å². The minimum Gasteiger partial charge on any atom is -0.303 e. The van der Waals surface area contributed by atoms with Crippen LogP contribution in [0.4, 0.5) is 0 Å². The number of hydrogen-bond acceptors (Lipinski definition) is 1. The Balaban J connectivity index is 1.64. The fourth-order valence-corrected chi connectivity index (χ4v) is 4.76. The number of carbonyl (C=O) groups is 1. The summed E-state index contributed by atoms with van der Waals surface area (Å²) in [6.07, 6.45) is 14.8. The van der Waals surface area contributed by atoms with Crippen molar-refractivity contribution < 1.29 is 4.79 Å². The van der Waals surface area contributed by atoms with Crippen LogP contribution < -0.4 is 0 Å². The summed E-state index contributed by atoms with van der Waals surface area (Å²) < 4.78 is 0. The molecule has 0 saturated heterocycles. The molecule has 1 heteroatoms. The molecule has 1 nitrogen and oxygen atoms in total. The highest BCUT2D eigenvalue weighted by Crippen LogP contribution is 2.37. The molecule has 4 unspecified atom stereocenters. The SMILES string of the molecule is CC1CC(C)CC(CCCC2CCCC(C=O)C2)C1. The van der Waals surface area contributed by atoms with Crippen LogP contribution in [-0.4, -0.2) is 6.29 Å².